The normalized spacial score (nSPS) is 12.3. The molecule has 9 nitrogen and oxygen atoms in total. The number of pyridine rings is 1. The summed E-state index contributed by atoms with van der Waals surface area (Å²) < 4.78 is 10.3. The van der Waals surface area contributed by atoms with E-state index < -0.39 is 10.8 Å². The van der Waals surface area contributed by atoms with Crippen molar-refractivity contribution in [2.24, 2.45) is 5.10 Å². The molecule has 3 rings (SSSR count). The van der Waals surface area contributed by atoms with Crippen LogP contribution in [0.15, 0.2) is 41.8 Å². The molecule has 2 heterocycles. The average molecular weight is 314 g/mol. The van der Waals surface area contributed by atoms with Crippen molar-refractivity contribution < 1.29 is 19.2 Å². The van der Waals surface area contributed by atoms with Crippen LogP contribution in [0.4, 0.5) is 5.69 Å². The molecule has 0 fully saturated rings. The molecule has 1 N–H and O–H groups in total. The van der Waals surface area contributed by atoms with E-state index in [1.54, 1.807) is 12.1 Å². The van der Waals surface area contributed by atoms with E-state index in [9.17, 15) is 14.9 Å². The van der Waals surface area contributed by atoms with Gasteiger partial charge in [-0.15, -0.1) is 0 Å². The fraction of sp³-hybridized carbons (Fsp3) is 0.0714. The van der Waals surface area contributed by atoms with Crippen molar-refractivity contribution in [2.45, 2.75) is 0 Å². The van der Waals surface area contributed by atoms with Crippen molar-refractivity contribution in [3.05, 3.63) is 57.9 Å². The number of carbonyl (C=O) groups excluding carboxylic acids is 1. The van der Waals surface area contributed by atoms with Crippen LogP contribution in [0.2, 0.25) is 0 Å². The smallest absolute Gasteiger partial charge is 0.282 e. The summed E-state index contributed by atoms with van der Waals surface area (Å²) in [4.78, 5) is 26.1. The highest BCUT2D eigenvalue weighted by Gasteiger charge is 2.22. The summed E-state index contributed by atoms with van der Waals surface area (Å²) in [6, 6.07) is 5.87. The van der Waals surface area contributed by atoms with Crippen LogP contribution in [-0.2, 0) is 0 Å². The summed E-state index contributed by atoms with van der Waals surface area (Å²) in [6.07, 6.45) is 4.10. The highest BCUT2D eigenvalue weighted by atomic mass is 16.7. The van der Waals surface area contributed by atoms with E-state index in [2.05, 4.69) is 15.5 Å². The van der Waals surface area contributed by atoms with E-state index in [1.165, 1.54) is 30.7 Å². The second kappa shape index (κ2) is 6.10. The number of rotatable bonds is 4. The third-order valence-electron chi connectivity index (χ3n) is 3.01. The fourth-order valence-corrected chi connectivity index (χ4v) is 1.93. The zero-order valence-electron chi connectivity index (χ0n) is 11.6. The Hall–Kier alpha value is -3.49. The standard InChI is InChI=1S/C14H10N4O5/c19-14(9-2-1-3-15-6-9)17-16-7-10-4-12-13(23-8-22-12)5-11(10)18(20)21/h1-7H,8H2,(H,17,19)/b16-7+. The Balaban J connectivity index is 1.79. The highest BCUT2D eigenvalue weighted by molar-refractivity contribution is 5.95. The number of nitrogens with one attached hydrogen (secondary N) is 1. The van der Waals surface area contributed by atoms with Gasteiger partial charge >= 0.3 is 0 Å². The molecule has 1 amide bonds. The van der Waals surface area contributed by atoms with Gasteiger partial charge in [0.2, 0.25) is 6.79 Å². The Bertz CT molecular complexity index is 791. The molecule has 1 aromatic heterocycles. The predicted molar refractivity (Wildman–Crippen MR) is 78.5 cm³/mol. The van der Waals surface area contributed by atoms with Crippen LogP contribution in [0.5, 0.6) is 11.5 Å². The highest BCUT2D eigenvalue weighted by Crippen LogP contribution is 2.37. The number of hydrogen-bond acceptors (Lipinski definition) is 7. The molecule has 0 saturated heterocycles. The van der Waals surface area contributed by atoms with Gasteiger partial charge in [-0.25, -0.2) is 5.43 Å². The van der Waals surface area contributed by atoms with E-state index in [-0.39, 0.29) is 18.0 Å². The fourth-order valence-electron chi connectivity index (χ4n) is 1.93. The van der Waals surface area contributed by atoms with Crippen LogP contribution < -0.4 is 14.9 Å². The van der Waals surface area contributed by atoms with Gasteiger partial charge in [0.1, 0.15) is 0 Å². The Labute approximate surface area is 129 Å². The second-order valence-corrected chi connectivity index (χ2v) is 4.46. The minimum atomic E-state index is -0.563. The van der Waals surface area contributed by atoms with Crippen LogP contribution in [-0.4, -0.2) is 28.8 Å². The molecule has 2 aromatic rings. The first-order valence-corrected chi connectivity index (χ1v) is 6.46. The number of hydrazone groups is 1. The van der Waals surface area contributed by atoms with Crippen molar-refractivity contribution in [3.8, 4) is 11.5 Å². The molecule has 1 aliphatic rings. The number of fused-ring (bicyclic) bond motifs is 1. The number of nitro groups is 1. The first-order valence-electron chi connectivity index (χ1n) is 6.46. The predicted octanol–water partition coefficient (Wildman–Crippen LogP) is 1.48. The summed E-state index contributed by atoms with van der Waals surface area (Å²) in [5.41, 5.74) is 2.59. The van der Waals surface area contributed by atoms with Crippen LogP contribution in [0, 0.1) is 10.1 Å². The zero-order chi connectivity index (χ0) is 16.2. The number of carbonyl (C=O) groups is 1. The number of nitrogens with zero attached hydrogens (tertiary/aromatic N) is 3. The largest absolute Gasteiger partial charge is 0.454 e. The molecule has 1 aliphatic heterocycles. The van der Waals surface area contributed by atoms with Crippen molar-refractivity contribution in [2.75, 3.05) is 6.79 Å². The molecule has 0 bridgehead atoms. The summed E-state index contributed by atoms with van der Waals surface area (Å²) in [5.74, 6) is 0.210. The number of ether oxygens (including phenoxy) is 2. The van der Waals surface area contributed by atoms with Crippen LogP contribution in [0.3, 0.4) is 0 Å². The lowest BCUT2D eigenvalue weighted by Gasteiger charge is -2.01. The van der Waals surface area contributed by atoms with Gasteiger partial charge in [-0.1, -0.05) is 0 Å². The average Bonchev–Trinajstić information content (AvgIpc) is 3.02. The summed E-state index contributed by atoms with van der Waals surface area (Å²) in [6.45, 7) is 0.00479. The van der Waals surface area contributed by atoms with Crippen molar-refractivity contribution >= 4 is 17.8 Å². The van der Waals surface area contributed by atoms with E-state index in [4.69, 9.17) is 9.47 Å². The molecular weight excluding hydrogens is 304 g/mol. The van der Waals surface area contributed by atoms with Gasteiger partial charge in [-0.05, 0) is 18.2 Å². The van der Waals surface area contributed by atoms with Gasteiger partial charge in [0, 0.05) is 12.4 Å². The number of amides is 1. The van der Waals surface area contributed by atoms with Crippen molar-refractivity contribution in [1.29, 1.82) is 0 Å². The maximum atomic E-state index is 11.8. The van der Waals surface area contributed by atoms with Crippen molar-refractivity contribution in [3.63, 3.8) is 0 Å². The Morgan fingerprint density at radius 3 is 2.87 bits per heavy atom. The van der Waals surface area contributed by atoms with E-state index in [0.717, 1.165) is 0 Å². The molecular formula is C14H10N4O5. The van der Waals surface area contributed by atoms with Gasteiger partial charge in [0.25, 0.3) is 11.6 Å². The number of hydrogen-bond donors (Lipinski definition) is 1. The molecule has 0 saturated carbocycles. The molecule has 116 valence electrons. The number of nitro benzene ring substituents is 1. The third kappa shape index (κ3) is 3.07. The molecule has 0 unspecified atom stereocenters. The minimum absolute atomic E-state index is 0.00479. The Kier molecular flexibility index (Phi) is 3.83. The number of benzene rings is 1. The molecule has 0 spiro atoms. The summed E-state index contributed by atoms with van der Waals surface area (Å²) in [5, 5.41) is 14.8. The first-order chi connectivity index (χ1) is 11.1. The molecule has 0 aliphatic carbocycles. The Morgan fingerprint density at radius 1 is 1.39 bits per heavy atom. The number of aromatic nitrogens is 1. The SMILES string of the molecule is O=C(N/N=C/c1cc2c(cc1[N+](=O)[O-])OCO2)c1cccnc1. The quantitative estimate of drug-likeness (QED) is 0.519. The lowest BCUT2D eigenvalue weighted by molar-refractivity contribution is -0.385. The third-order valence-corrected chi connectivity index (χ3v) is 3.01. The van der Waals surface area contributed by atoms with E-state index >= 15 is 0 Å². The molecule has 1 aromatic carbocycles. The molecule has 23 heavy (non-hydrogen) atoms. The molecule has 0 radical (unpaired) electrons. The maximum absolute atomic E-state index is 11.8. The van der Waals surface area contributed by atoms with Crippen LogP contribution in [0.1, 0.15) is 15.9 Å². The topological polar surface area (TPSA) is 116 Å². The van der Waals surface area contributed by atoms with Crippen LogP contribution in [0.25, 0.3) is 0 Å². The molecule has 9 heteroatoms. The van der Waals surface area contributed by atoms with Gasteiger partial charge in [-0.2, -0.15) is 5.10 Å². The zero-order valence-corrected chi connectivity index (χ0v) is 11.6. The van der Waals surface area contributed by atoms with E-state index in [1.807, 2.05) is 0 Å². The van der Waals surface area contributed by atoms with Crippen LogP contribution >= 0.6 is 0 Å². The maximum Gasteiger partial charge on any atom is 0.282 e. The van der Waals surface area contributed by atoms with Gasteiger partial charge in [0.15, 0.2) is 11.5 Å². The first kappa shape index (κ1) is 14.4. The molecule has 0 atom stereocenters. The van der Waals surface area contributed by atoms with E-state index in [0.29, 0.717) is 17.1 Å². The van der Waals surface area contributed by atoms with Gasteiger partial charge in [0.05, 0.1) is 28.3 Å². The van der Waals surface area contributed by atoms with Gasteiger partial charge < -0.3 is 9.47 Å². The Morgan fingerprint density at radius 2 is 2.17 bits per heavy atom. The lowest BCUT2D eigenvalue weighted by Crippen LogP contribution is -2.17. The van der Waals surface area contributed by atoms with Crippen molar-refractivity contribution in [1.82, 2.24) is 10.4 Å². The summed E-state index contributed by atoms with van der Waals surface area (Å²) >= 11 is 0. The lowest BCUT2D eigenvalue weighted by atomic mass is 10.1. The van der Waals surface area contributed by atoms with Gasteiger partial charge in [-0.3, -0.25) is 19.9 Å². The monoisotopic (exact) mass is 314 g/mol. The second-order valence-electron chi connectivity index (χ2n) is 4.46. The minimum Gasteiger partial charge on any atom is -0.454 e. The summed E-state index contributed by atoms with van der Waals surface area (Å²) in [7, 11) is 0.